The van der Waals surface area contributed by atoms with E-state index in [0.717, 1.165) is 16.8 Å². The van der Waals surface area contributed by atoms with Gasteiger partial charge in [-0.3, -0.25) is 4.57 Å². The maximum atomic E-state index is 5.48. The molecule has 0 aliphatic heterocycles. The first-order chi connectivity index (χ1) is 11.1. The second kappa shape index (κ2) is 5.01. The number of hydrogen-bond acceptors (Lipinski definition) is 5. The number of aryl methyl sites for hydroxylation is 3. The van der Waals surface area contributed by atoms with Gasteiger partial charge in [-0.25, -0.2) is 4.98 Å². The molecular weight excluding hydrogens is 290 g/mol. The summed E-state index contributed by atoms with van der Waals surface area (Å²) in [5, 5.41) is 8.32. The van der Waals surface area contributed by atoms with Crippen LogP contribution in [0, 0.1) is 20.8 Å². The molecule has 0 bridgehead atoms. The summed E-state index contributed by atoms with van der Waals surface area (Å²) in [5.74, 6) is 1.28. The summed E-state index contributed by atoms with van der Waals surface area (Å²) in [6.07, 6.45) is 1.71. The molecule has 0 fully saturated rings. The van der Waals surface area contributed by atoms with E-state index in [1.54, 1.807) is 13.3 Å². The molecule has 114 valence electrons. The Labute approximate surface area is 132 Å². The van der Waals surface area contributed by atoms with Gasteiger partial charge in [0.15, 0.2) is 22.9 Å². The fourth-order valence-corrected chi connectivity index (χ4v) is 2.81. The van der Waals surface area contributed by atoms with E-state index in [-0.39, 0.29) is 0 Å². The number of benzene rings is 1. The zero-order valence-electron chi connectivity index (χ0n) is 13.1. The average Bonchev–Trinajstić information content (AvgIpc) is 3.11. The number of rotatable bonds is 2. The molecule has 0 aliphatic carbocycles. The molecule has 0 saturated heterocycles. The lowest BCUT2D eigenvalue weighted by molar-refractivity contribution is 0.561. The van der Waals surface area contributed by atoms with E-state index >= 15 is 0 Å². The zero-order valence-corrected chi connectivity index (χ0v) is 13.1. The van der Waals surface area contributed by atoms with Crippen molar-refractivity contribution >= 4 is 11.2 Å². The van der Waals surface area contributed by atoms with Gasteiger partial charge in [0.2, 0.25) is 0 Å². The first-order valence-corrected chi connectivity index (χ1v) is 7.34. The highest BCUT2D eigenvalue weighted by atomic mass is 16.3. The lowest BCUT2D eigenvalue weighted by Gasteiger charge is -2.12. The molecule has 0 aliphatic rings. The van der Waals surface area contributed by atoms with Gasteiger partial charge >= 0.3 is 0 Å². The number of aromatic nitrogens is 5. The average molecular weight is 305 g/mol. The summed E-state index contributed by atoms with van der Waals surface area (Å²) >= 11 is 0. The van der Waals surface area contributed by atoms with Gasteiger partial charge in [0.05, 0.1) is 5.69 Å². The van der Waals surface area contributed by atoms with Crippen molar-refractivity contribution in [2.24, 2.45) is 0 Å². The second-order valence-corrected chi connectivity index (χ2v) is 5.52. The highest BCUT2D eigenvalue weighted by Gasteiger charge is 2.15. The minimum Gasteiger partial charge on any atom is -0.439 e. The molecule has 6 nitrogen and oxygen atoms in total. The zero-order chi connectivity index (χ0) is 16.0. The molecule has 6 heteroatoms. The van der Waals surface area contributed by atoms with Gasteiger partial charge in [0.1, 0.15) is 12.0 Å². The van der Waals surface area contributed by atoms with E-state index < -0.39 is 0 Å². The van der Waals surface area contributed by atoms with Crippen molar-refractivity contribution in [2.45, 2.75) is 20.8 Å². The maximum absolute atomic E-state index is 5.48. The monoisotopic (exact) mass is 305 g/mol. The van der Waals surface area contributed by atoms with E-state index in [2.05, 4.69) is 46.1 Å². The Bertz CT molecular complexity index is 995. The summed E-state index contributed by atoms with van der Waals surface area (Å²) in [5.41, 5.74) is 5.35. The largest absolute Gasteiger partial charge is 0.439 e. The summed E-state index contributed by atoms with van der Waals surface area (Å²) in [6.45, 7) is 5.95. The molecule has 0 radical (unpaired) electrons. The van der Waals surface area contributed by atoms with Gasteiger partial charge in [-0.1, -0.05) is 18.2 Å². The number of oxazole rings is 1. The predicted molar refractivity (Wildman–Crippen MR) is 86.4 cm³/mol. The van der Waals surface area contributed by atoms with Crippen molar-refractivity contribution < 1.29 is 4.42 Å². The number of fused-ring (bicyclic) bond motifs is 1. The number of para-hydroxylation sites is 1. The van der Waals surface area contributed by atoms with Crippen LogP contribution in [0.4, 0.5) is 0 Å². The minimum absolute atomic E-state index is 0.580. The Balaban J connectivity index is 1.91. The van der Waals surface area contributed by atoms with E-state index in [4.69, 9.17) is 4.42 Å². The van der Waals surface area contributed by atoms with Gasteiger partial charge in [-0.05, 0) is 37.1 Å². The Kier molecular flexibility index (Phi) is 2.97. The first kappa shape index (κ1) is 13.6. The third-order valence-corrected chi connectivity index (χ3v) is 3.82. The van der Waals surface area contributed by atoms with Crippen LogP contribution < -0.4 is 0 Å². The molecule has 0 unspecified atom stereocenters. The number of pyridine rings is 1. The van der Waals surface area contributed by atoms with E-state index in [1.807, 2.05) is 22.8 Å². The second-order valence-electron chi connectivity index (χ2n) is 5.52. The fourth-order valence-electron chi connectivity index (χ4n) is 2.81. The lowest BCUT2D eigenvalue weighted by Crippen LogP contribution is -2.02. The van der Waals surface area contributed by atoms with E-state index in [9.17, 15) is 0 Å². The van der Waals surface area contributed by atoms with Crippen molar-refractivity contribution in [1.29, 1.82) is 0 Å². The molecule has 1 aromatic carbocycles. The quantitative estimate of drug-likeness (QED) is 0.567. The molecule has 3 heterocycles. The maximum Gasteiger partial charge on any atom is 0.199 e. The Morgan fingerprint density at radius 1 is 0.957 bits per heavy atom. The normalized spacial score (nSPS) is 11.3. The van der Waals surface area contributed by atoms with Crippen molar-refractivity contribution in [1.82, 2.24) is 24.7 Å². The van der Waals surface area contributed by atoms with Gasteiger partial charge in [-0.15, -0.1) is 10.2 Å². The number of nitrogens with zero attached hydrogens (tertiary/aromatic N) is 5. The lowest BCUT2D eigenvalue weighted by atomic mass is 10.1. The van der Waals surface area contributed by atoms with Crippen molar-refractivity contribution in [3.05, 3.63) is 53.7 Å². The summed E-state index contributed by atoms with van der Waals surface area (Å²) in [6, 6.07) is 9.93. The molecule has 3 aromatic heterocycles. The smallest absolute Gasteiger partial charge is 0.199 e. The highest BCUT2D eigenvalue weighted by molar-refractivity contribution is 5.72. The molecule has 0 saturated carbocycles. The van der Waals surface area contributed by atoms with Crippen LogP contribution in [0.5, 0.6) is 0 Å². The molecular formula is C17H15N5O. The van der Waals surface area contributed by atoms with Crippen LogP contribution in [0.3, 0.4) is 0 Å². The predicted octanol–water partition coefficient (Wildman–Crippen LogP) is 3.40. The first-order valence-electron chi connectivity index (χ1n) is 7.34. The van der Waals surface area contributed by atoms with Gasteiger partial charge in [-0.2, -0.15) is 4.98 Å². The molecule has 4 aromatic rings. The summed E-state index contributed by atoms with van der Waals surface area (Å²) < 4.78 is 7.44. The van der Waals surface area contributed by atoms with Crippen molar-refractivity contribution in [2.75, 3.05) is 0 Å². The Morgan fingerprint density at radius 2 is 1.74 bits per heavy atom. The minimum atomic E-state index is 0.580. The van der Waals surface area contributed by atoms with E-state index in [0.29, 0.717) is 28.6 Å². The standard InChI is InChI=1S/C17H15N5O/c1-10-5-4-6-11(2)15(10)22-9-18-21-17(22)13-7-8-14-16(20-13)19-12(3)23-14/h4-9H,1-3H3. The molecule has 0 atom stereocenters. The van der Waals surface area contributed by atoms with Crippen LogP contribution in [0.1, 0.15) is 17.0 Å². The summed E-state index contributed by atoms with van der Waals surface area (Å²) in [4.78, 5) is 8.84. The molecule has 0 spiro atoms. The van der Waals surface area contributed by atoms with Crippen molar-refractivity contribution in [3.8, 4) is 17.2 Å². The third kappa shape index (κ3) is 2.19. The van der Waals surface area contributed by atoms with Gasteiger partial charge in [0.25, 0.3) is 0 Å². The van der Waals surface area contributed by atoms with Crippen LogP contribution in [-0.2, 0) is 0 Å². The van der Waals surface area contributed by atoms with Gasteiger partial charge in [0, 0.05) is 6.92 Å². The van der Waals surface area contributed by atoms with Crippen LogP contribution in [0.15, 0.2) is 41.1 Å². The number of hydrogen-bond donors (Lipinski definition) is 0. The van der Waals surface area contributed by atoms with E-state index in [1.165, 1.54) is 0 Å². The van der Waals surface area contributed by atoms with Crippen LogP contribution >= 0.6 is 0 Å². The molecule has 0 amide bonds. The van der Waals surface area contributed by atoms with Crippen molar-refractivity contribution in [3.63, 3.8) is 0 Å². The van der Waals surface area contributed by atoms with Crippen LogP contribution in [0.25, 0.3) is 28.4 Å². The summed E-state index contributed by atoms with van der Waals surface area (Å²) in [7, 11) is 0. The molecule has 0 N–H and O–H groups in total. The fraction of sp³-hybridized carbons (Fsp3) is 0.176. The molecule has 23 heavy (non-hydrogen) atoms. The Morgan fingerprint density at radius 3 is 2.52 bits per heavy atom. The van der Waals surface area contributed by atoms with Crippen LogP contribution in [0.2, 0.25) is 0 Å². The molecule has 4 rings (SSSR count). The van der Waals surface area contributed by atoms with Crippen LogP contribution in [-0.4, -0.2) is 24.7 Å². The SMILES string of the molecule is Cc1nc2nc(-c3nncn3-c3c(C)cccc3C)ccc2o1. The van der Waals surface area contributed by atoms with Gasteiger partial charge < -0.3 is 4.42 Å². The topological polar surface area (TPSA) is 69.6 Å². The third-order valence-electron chi connectivity index (χ3n) is 3.82. The Hall–Kier alpha value is -3.02. The highest BCUT2D eigenvalue weighted by Crippen LogP contribution is 2.25.